The topological polar surface area (TPSA) is 38.3 Å². The van der Waals surface area contributed by atoms with E-state index in [1.807, 2.05) is 19.9 Å². The van der Waals surface area contributed by atoms with E-state index in [4.69, 9.17) is 4.74 Å². The van der Waals surface area contributed by atoms with Gasteiger partial charge in [-0.1, -0.05) is 13.8 Å². The number of ether oxygens (including phenoxy) is 1. The van der Waals surface area contributed by atoms with Crippen LogP contribution >= 0.6 is 0 Å². The van der Waals surface area contributed by atoms with Crippen molar-refractivity contribution in [1.29, 1.82) is 0 Å². The Balaban J connectivity index is 2.21. The molecule has 1 amide bonds. The van der Waals surface area contributed by atoms with Crippen molar-refractivity contribution < 1.29 is 9.53 Å². The van der Waals surface area contributed by atoms with Gasteiger partial charge in [-0.2, -0.15) is 0 Å². The molecule has 0 aliphatic carbocycles. The molecule has 1 N–H and O–H groups in total. The Kier molecular flexibility index (Phi) is 3.14. The largest absolute Gasteiger partial charge is 0.496 e. The van der Waals surface area contributed by atoms with Gasteiger partial charge in [-0.15, -0.1) is 0 Å². The van der Waals surface area contributed by atoms with Crippen molar-refractivity contribution in [3.05, 3.63) is 11.8 Å². The third-order valence-electron chi connectivity index (χ3n) is 1.74. The van der Waals surface area contributed by atoms with E-state index in [1.54, 1.807) is 0 Å². The molecule has 1 aliphatic rings. The molecule has 0 aromatic carbocycles. The first-order valence-corrected chi connectivity index (χ1v) is 4.29. The average Bonchev–Trinajstić information content (AvgIpc) is 2.51. The van der Waals surface area contributed by atoms with Gasteiger partial charge in [0.1, 0.15) is 5.76 Å². The first-order valence-electron chi connectivity index (χ1n) is 4.29. The van der Waals surface area contributed by atoms with Crippen LogP contribution in [0.4, 0.5) is 0 Å². The van der Waals surface area contributed by atoms with Crippen molar-refractivity contribution in [3.63, 3.8) is 0 Å². The van der Waals surface area contributed by atoms with E-state index in [-0.39, 0.29) is 11.8 Å². The Morgan fingerprint density at radius 1 is 1.75 bits per heavy atom. The van der Waals surface area contributed by atoms with Gasteiger partial charge in [0.25, 0.3) is 0 Å². The van der Waals surface area contributed by atoms with Crippen LogP contribution < -0.4 is 5.32 Å². The lowest BCUT2D eigenvalue weighted by molar-refractivity contribution is -0.123. The molecular formula is C9H15NO2. The number of hydrogen-bond donors (Lipinski definition) is 1. The normalized spacial score (nSPS) is 15.8. The van der Waals surface area contributed by atoms with Gasteiger partial charge >= 0.3 is 0 Å². The summed E-state index contributed by atoms with van der Waals surface area (Å²) in [5, 5.41) is 2.79. The van der Waals surface area contributed by atoms with E-state index in [0.29, 0.717) is 6.54 Å². The summed E-state index contributed by atoms with van der Waals surface area (Å²) in [7, 11) is 0. The standard InChI is InChI=1S/C9H15NO2/c1-7(2)9(11)10-6-8-4-3-5-12-8/h4,7H,3,5-6H2,1-2H3,(H,10,11). The molecule has 12 heavy (non-hydrogen) atoms. The van der Waals surface area contributed by atoms with Crippen molar-refractivity contribution in [3.8, 4) is 0 Å². The van der Waals surface area contributed by atoms with E-state index < -0.39 is 0 Å². The maximum atomic E-state index is 11.1. The highest BCUT2D eigenvalue weighted by Gasteiger charge is 2.09. The quantitative estimate of drug-likeness (QED) is 0.686. The fourth-order valence-corrected chi connectivity index (χ4v) is 0.970. The summed E-state index contributed by atoms with van der Waals surface area (Å²) < 4.78 is 5.23. The zero-order chi connectivity index (χ0) is 8.97. The predicted molar refractivity (Wildman–Crippen MR) is 46.5 cm³/mol. The molecule has 0 aromatic rings. The summed E-state index contributed by atoms with van der Waals surface area (Å²) in [5.41, 5.74) is 0. The zero-order valence-electron chi connectivity index (χ0n) is 7.59. The number of hydrogen-bond acceptors (Lipinski definition) is 2. The van der Waals surface area contributed by atoms with Gasteiger partial charge in [0.15, 0.2) is 0 Å². The van der Waals surface area contributed by atoms with E-state index in [9.17, 15) is 4.79 Å². The fourth-order valence-electron chi connectivity index (χ4n) is 0.970. The molecule has 1 aliphatic heterocycles. The molecule has 68 valence electrons. The van der Waals surface area contributed by atoms with Crippen LogP contribution in [-0.4, -0.2) is 19.1 Å². The molecule has 0 saturated heterocycles. The number of carbonyl (C=O) groups excluding carboxylic acids is 1. The second-order valence-corrected chi connectivity index (χ2v) is 3.18. The lowest BCUT2D eigenvalue weighted by Crippen LogP contribution is -2.29. The van der Waals surface area contributed by atoms with E-state index in [1.165, 1.54) is 0 Å². The molecule has 0 aromatic heterocycles. The van der Waals surface area contributed by atoms with Crippen LogP contribution in [-0.2, 0) is 9.53 Å². The van der Waals surface area contributed by atoms with Gasteiger partial charge in [0.05, 0.1) is 13.2 Å². The minimum atomic E-state index is 0.0482. The lowest BCUT2D eigenvalue weighted by Gasteiger charge is -2.07. The summed E-state index contributed by atoms with van der Waals surface area (Å²) in [5.74, 6) is 1.02. The third-order valence-corrected chi connectivity index (χ3v) is 1.74. The first kappa shape index (κ1) is 9.10. The van der Waals surface area contributed by atoms with Crippen LogP contribution in [0.3, 0.4) is 0 Å². The van der Waals surface area contributed by atoms with Gasteiger partial charge in [-0.25, -0.2) is 0 Å². The second-order valence-electron chi connectivity index (χ2n) is 3.18. The van der Waals surface area contributed by atoms with Crippen molar-refractivity contribution >= 4 is 5.91 Å². The summed E-state index contributed by atoms with van der Waals surface area (Å²) in [6.07, 6.45) is 2.98. The van der Waals surface area contributed by atoms with Crippen molar-refractivity contribution in [2.75, 3.05) is 13.2 Å². The van der Waals surface area contributed by atoms with Gasteiger partial charge in [0.2, 0.25) is 5.91 Å². The molecule has 0 bridgehead atoms. The van der Waals surface area contributed by atoms with Crippen LogP contribution in [0.2, 0.25) is 0 Å². The smallest absolute Gasteiger partial charge is 0.222 e. The number of carbonyl (C=O) groups is 1. The van der Waals surface area contributed by atoms with Crippen LogP contribution in [0.15, 0.2) is 11.8 Å². The van der Waals surface area contributed by atoms with E-state index in [2.05, 4.69) is 5.32 Å². The Morgan fingerprint density at radius 3 is 3.00 bits per heavy atom. The van der Waals surface area contributed by atoms with E-state index >= 15 is 0 Å². The van der Waals surface area contributed by atoms with Crippen molar-refractivity contribution in [1.82, 2.24) is 5.32 Å². The Bertz CT molecular complexity index is 197. The van der Waals surface area contributed by atoms with Gasteiger partial charge in [0, 0.05) is 12.3 Å². The molecule has 0 fully saturated rings. The molecule has 0 radical (unpaired) electrons. The minimum Gasteiger partial charge on any atom is -0.496 e. The average molecular weight is 169 g/mol. The highest BCUT2D eigenvalue weighted by atomic mass is 16.5. The number of amides is 1. The maximum absolute atomic E-state index is 11.1. The van der Waals surface area contributed by atoms with Crippen LogP contribution in [0, 0.1) is 5.92 Å². The van der Waals surface area contributed by atoms with Crippen LogP contribution in [0.5, 0.6) is 0 Å². The Morgan fingerprint density at radius 2 is 2.50 bits per heavy atom. The Hall–Kier alpha value is -0.990. The Labute approximate surface area is 72.8 Å². The fraction of sp³-hybridized carbons (Fsp3) is 0.667. The van der Waals surface area contributed by atoms with E-state index in [0.717, 1.165) is 18.8 Å². The molecule has 3 nitrogen and oxygen atoms in total. The zero-order valence-corrected chi connectivity index (χ0v) is 7.59. The van der Waals surface area contributed by atoms with Crippen molar-refractivity contribution in [2.24, 2.45) is 5.92 Å². The number of rotatable bonds is 3. The highest BCUT2D eigenvalue weighted by molar-refractivity contribution is 5.77. The predicted octanol–water partition coefficient (Wildman–Crippen LogP) is 1.06. The summed E-state index contributed by atoms with van der Waals surface area (Å²) in [6.45, 7) is 5.04. The van der Waals surface area contributed by atoms with Gasteiger partial charge in [-0.05, 0) is 6.08 Å². The molecule has 0 atom stereocenters. The van der Waals surface area contributed by atoms with Crippen LogP contribution in [0.1, 0.15) is 20.3 Å². The molecular weight excluding hydrogens is 154 g/mol. The molecule has 0 spiro atoms. The number of nitrogens with one attached hydrogen (secondary N) is 1. The van der Waals surface area contributed by atoms with Crippen molar-refractivity contribution in [2.45, 2.75) is 20.3 Å². The summed E-state index contributed by atoms with van der Waals surface area (Å²) in [4.78, 5) is 11.1. The maximum Gasteiger partial charge on any atom is 0.222 e. The van der Waals surface area contributed by atoms with Gasteiger partial charge < -0.3 is 10.1 Å². The molecule has 1 rings (SSSR count). The van der Waals surface area contributed by atoms with Crippen LogP contribution in [0.25, 0.3) is 0 Å². The molecule has 0 saturated carbocycles. The van der Waals surface area contributed by atoms with Gasteiger partial charge in [-0.3, -0.25) is 4.79 Å². The lowest BCUT2D eigenvalue weighted by atomic mass is 10.2. The summed E-state index contributed by atoms with van der Waals surface area (Å²) in [6, 6.07) is 0. The second kappa shape index (κ2) is 4.14. The SMILES string of the molecule is CC(C)C(=O)NCC1=CCCO1. The monoisotopic (exact) mass is 169 g/mol. The minimum absolute atomic E-state index is 0.0482. The molecule has 0 unspecified atom stereocenters. The highest BCUT2D eigenvalue weighted by Crippen LogP contribution is 2.07. The summed E-state index contributed by atoms with van der Waals surface area (Å²) >= 11 is 0. The molecule has 1 heterocycles. The first-order chi connectivity index (χ1) is 5.70. The third kappa shape index (κ3) is 2.57. The molecule has 3 heteroatoms.